The predicted octanol–water partition coefficient (Wildman–Crippen LogP) is 0.627. The van der Waals surface area contributed by atoms with Gasteiger partial charge in [-0.25, -0.2) is 13.1 Å². The first-order valence-electron chi connectivity index (χ1n) is 8.23. The van der Waals surface area contributed by atoms with Crippen LogP contribution in [0.3, 0.4) is 0 Å². The summed E-state index contributed by atoms with van der Waals surface area (Å²) in [6.07, 6.45) is 2.71. The van der Waals surface area contributed by atoms with Crippen LogP contribution in [0.25, 0.3) is 5.65 Å². The van der Waals surface area contributed by atoms with Crippen molar-refractivity contribution in [2.24, 2.45) is 0 Å². The Balaban J connectivity index is 1.39. The lowest BCUT2D eigenvalue weighted by Gasteiger charge is -2.37. The van der Waals surface area contributed by atoms with Crippen molar-refractivity contribution in [1.29, 1.82) is 0 Å². The number of aromatic nitrogens is 3. The summed E-state index contributed by atoms with van der Waals surface area (Å²) in [5.74, 6) is 0.665. The van der Waals surface area contributed by atoms with Crippen LogP contribution in [0.15, 0.2) is 24.4 Å². The van der Waals surface area contributed by atoms with E-state index in [0.29, 0.717) is 22.9 Å². The Morgan fingerprint density at radius 3 is 2.67 bits per heavy atom. The van der Waals surface area contributed by atoms with E-state index in [-0.39, 0.29) is 6.04 Å². The van der Waals surface area contributed by atoms with Crippen LogP contribution in [0.4, 0.5) is 0 Å². The van der Waals surface area contributed by atoms with Crippen molar-refractivity contribution in [2.75, 3.05) is 37.7 Å². The lowest BCUT2D eigenvalue weighted by Crippen LogP contribution is -2.50. The highest BCUT2D eigenvalue weighted by Crippen LogP contribution is 2.19. The van der Waals surface area contributed by atoms with Gasteiger partial charge in [-0.1, -0.05) is 6.07 Å². The average molecular weight is 368 g/mol. The summed E-state index contributed by atoms with van der Waals surface area (Å²) >= 11 is 5.49. The van der Waals surface area contributed by atoms with Gasteiger partial charge in [-0.2, -0.15) is 5.10 Å². The van der Waals surface area contributed by atoms with Crippen LogP contribution in [0, 0.1) is 4.77 Å². The molecule has 2 aliphatic rings. The quantitative estimate of drug-likeness (QED) is 0.742. The Hall–Kier alpha value is -1.29. The first-order valence-corrected chi connectivity index (χ1v) is 10.5. The Labute approximate surface area is 146 Å². The van der Waals surface area contributed by atoms with Crippen molar-refractivity contribution in [2.45, 2.75) is 19.1 Å². The maximum absolute atomic E-state index is 11.6. The highest BCUT2D eigenvalue weighted by atomic mass is 32.2. The number of rotatable bonds is 3. The normalized spacial score (nSPS) is 25.4. The lowest BCUT2D eigenvalue weighted by atomic mass is 10.2. The number of nitrogens with zero attached hydrogens (tertiary/aromatic N) is 5. The van der Waals surface area contributed by atoms with Crippen molar-refractivity contribution < 1.29 is 8.42 Å². The monoisotopic (exact) mass is 367 g/mol. The van der Waals surface area contributed by atoms with Gasteiger partial charge in [-0.05, 0) is 30.8 Å². The third-order valence-electron chi connectivity index (χ3n) is 4.95. The second kappa shape index (κ2) is 6.21. The zero-order valence-corrected chi connectivity index (χ0v) is 15.0. The van der Waals surface area contributed by atoms with Gasteiger partial charge in [0.2, 0.25) is 4.77 Å². The van der Waals surface area contributed by atoms with E-state index >= 15 is 0 Å². The third-order valence-corrected chi connectivity index (χ3v) is 7.11. The molecule has 4 heterocycles. The predicted molar refractivity (Wildman–Crippen MR) is 94.2 cm³/mol. The SMILES string of the molecule is O=S1(=O)CC[C@@H](N2CCN(Cn3nc4ccccn4c3=S)CC2)C1. The molecule has 24 heavy (non-hydrogen) atoms. The summed E-state index contributed by atoms with van der Waals surface area (Å²) in [5, 5.41) is 4.56. The summed E-state index contributed by atoms with van der Waals surface area (Å²) < 4.78 is 27.8. The first-order chi connectivity index (χ1) is 11.5. The molecule has 0 aromatic carbocycles. The molecule has 0 amide bonds. The van der Waals surface area contributed by atoms with Gasteiger partial charge in [0, 0.05) is 38.4 Å². The van der Waals surface area contributed by atoms with Crippen LogP contribution < -0.4 is 0 Å². The van der Waals surface area contributed by atoms with Crippen molar-refractivity contribution in [3.05, 3.63) is 29.2 Å². The fourth-order valence-corrected chi connectivity index (χ4v) is 5.60. The molecular formula is C15H21N5O2S2. The molecular weight excluding hydrogens is 346 g/mol. The molecule has 2 aliphatic heterocycles. The average Bonchev–Trinajstić information content (AvgIpc) is 3.09. The van der Waals surface area contributed by atoms with Crippen molar-refractivity contribution in [3.63, 3.8) is 0 Å². The van der Waals surface area contributed by atoms with E-state index in [1.807, 2.05) is 33.5 Å². The molecule has 0 N–H and O–H groups in total. The van der Waals surface area contributed by atoms with Gasteiger partial charge in [0.1, 0.15) is 0 Å². The largest absolute Gasteiger partial charge is 0.297 e. The molecule has 0 bridgehead atoms. The van der Waals surface area contributed by atoms with Crippen LogP contribution in [0.1, 0.15) is 6.42 Å². The minimum atomic E-state index is -2.81. The van der Waals surface area contributed by atoms with Gasteiger partial charge >= 0.3 is 0 Å². The Morgan fingerprint density at radius 2 is 2.00 bits per heavy atom. The zero-order chi connectivity index (χ0) is 16.7. The highest BCUT2D eigenvalue weighted by molar-refractivity contribution is 7.91. The van der Waals surface area contributed by atoms with Gasteiger partial charge < -0.3 is 0 Å². The van der Waals surface area contributed by atoms with Gasteiger partial charge in [0.15, 0.2) is 15.5 Å². The molecule has 0 radical (unpaired) electrons. The molecule has 1 atom stereocenters. The summed E-state index contributed by atoms with van der Waals surface area (Å²) in [4.78, 5) is 4.65. The van der Waals surface area contributed by atoms with Crippen LogP contribution in [0.5, 0.6) is 0 Å². The van der Waals surface area contributed by atoms with E-state index in [2.05, 4.69) is 14.9 Å². The third kappa shape index (κ3) is 3.13. The molecule has 130 valence electrons. The van der Waals surface area contributed by atoms with Crippen molar-refractivity contribution in [3.8, 4) is 0 Å². The fraction of sp³-hybridized carbons (Fsp3) is 0.600. The Bertz CT molecular complexity index is 896. The number of hydrogen-bond donors (Lipinski definition) is 0. The molecule has 2 aromatic rings. The number of sulfone groups is 1. The van der Waals surface area contributed by atoms with Crippen LogP contribution in [-0.4, -0.2) is 76.1 Å². The number of fused-ring (bicyclic) bond motifs is 1. The van der Waals surface area contributed by atoms with Crippen LogP contribution >= 0.6 is 12.2 Å². The van der Waals surface area contributed by atoms with E-state index in [1.54, 1.807) is 0 Å². The Kier molecular flexibility index (Phi) is 4.19. The molecule has 7 nitrogen and oxygen atoms in total. The molecule has 9 heteroatoms. The molecule has 4 rings (SSSR count). The van der Waals surface area contributed by atoms with E-state index in [0.717, 1.165) is 38.2 Å². The maximum atomic E-state index is 11.6. The molecule has 2 fully saturated rings. The summed E-state index contributed by atoms with van der Waals surface area (Å²) in [6.45, 7) is 4.30. The second-order valence-electron chi connectivity index (χ2n) is 6.56. The summed E-state index contributed by atoms with van der Waals surface area (Å²) in [7, 11) is -2.81. The number of pyridine rings is 1. The lowest BCUT2D eigenvalue weighted by molar-refractivity contribution is 0.0809. The van der Waals surface area contributed by atoms with Crippen LogP contribution in [0.2, 0.25) is 0 Å². The first kappa shape index (κ1) is 16.2. The Morgan fingerprint density at radius 1 is 1.21 bits per heavy atom. The number of piperazine rings is 1. The second-order valence-corrected chi connectivity index (χ2v) is 9.16. The van der Waals surface area contributed by atoms with E-state index < -0.39 is 9.84 Å². The molecule has 2 aromatic heterocycles. The summed E-state index contributed by atoms with van der Waals surface area (Å²) in [6, 6.07) is 6.05. The van der Waals surface area contributed by atoms with Crippen molar-refractivity contribution >= 4 is 27.7 Å². The fourth-order valence-electron chi connectivity index (χ4n) is 3.58. The van der Waals surface area contributed by atoms with E-state index in [9.17, 15) is 8.42 Å². The standard InChI is InChI=1S/C15H21N5O2S2/c21-24(22)10-4-13(11-24)18-8-6-17(7-9-18)12-20-15(23)19-5-2-1-3-14(19)16-20/h1-3,5,13H,4,6-12H2/t13-/m1/s1. The highest BCUT2D eigenvalue weighted by Gasteiger charge is 2.33. The molecule has 0 saturated carbocycles. The molecule has 2 saturated heterocycles. The van der Waals surface area contributed by atoms with Crippen molar-refractivity contribution in [1.82, 2.24) is 24.0 Å². The van der Waals surface area contributed by atoms with Gasteiger partial charge in [0.05, 0.1) is 18.2 Å². The summed E-state index contributed by atoms with van der Waals surface area (Å²) in [5.41, 5.74) is 0.859. The smallest absolute Gasteiger partial charge is 0.203 e. The molecule has 0 unspecified atom stereocenters. The minimum Gasteiger partial charge on any atom is -0.297 e. The number of hydrogen-bond acceptors (Lipinski definition) is 6. The van der Waals surface area contributed by atoms with Gasteiger partial charge in [-0.3, -0.25) is 14.2 Å². The topological polar surface area (TPSA) is 62.9 Å². The van der Waals surface area contributed by atoms with Gasteiger partial charge in [-0.15, -0.1) is 0 Å². The van der Waals surface area contributed by atoms with Crippen LogP contribution in [-0.2, 0) is 16.5 Å². The zero-order valence-electron chi connectivity index (χ0n) is 13.4. The van der Waals surface area contributed by atoms with Gasteiger partial charge in [0.25, 0.3) is 0 Å². The molecule has 0 aliphatic carbocycles. The molecule has 0 spiro atoms. The van der Waals surface area contributed by atoms with E-state index in [4.69, 9.17) is 12.2 Å². The maximum Gasteiger partial charge on any atom is 0.203 e. The minimum absolute atomic E-state index is 0.203. The van der Waals surface area contributed by atoms with E-state index in [1.165, 1.54) is 0 Å².